The van der Waals surface area contributed by atoms with Gasteiger partial charge in [-0.25, -0.2) is 0 Å². The molecule has 1 aliphatic carbocycles. The van der Waals surface area contributed by atoms with Crippen molar-refractivity contribution in [2.75, 3.05) is 6.54 Å². The topological polar surface area (TPSA) is 46.2 Å². The average Bonchev–Trinajstić information content (AvgIpc) is 1.98. The molecule has 1 aliphatic rings. The number of aliphatic hydroxyl groups excluding tert-OH is 1. The van der Waals surface area contributed by atoms with Crippen molar-refractivity contribution in [3.8, 4) is 0 Å². The summed E-state index contributed by atoms with van der Waals surface area (Å²) in [5.41, 5.74) is 5.55. The molecular weight excluding hydrogens is 138 g/mol. The van der Waals surface area contributed by atoms with Gasteiger partial charge in [-0.3, -0.25) is 0 Å². The van der Waals surface area contributed by atoms with Crippen molar-refractivity contribution < 1.29 is 5.11 Å². The molecule has 0 amide bonds. The zero-order valence-electron chi connectivity index (χ0n) is 7.13. The van der Waals surface area contributed by atoms with Crippen molar-refractivity contribution in [3.63, 3.8) is 0 Å². The first-order chi connectivity index (χ1) is 5.34. The van der Waals surface area contributed by atoms with E-state index in [1.54, 1.807) is 0 Å². The molecule has 2 unspecified atom stereocenters. The fraction of sp³-hybridized carbons (Fsp3) is 1.00. The van der Waals surface area contributed by atoms with Crippen LogP contribution in [-0.2, 0) is 0 Å². The molecule has 2 heteroatoms. The highest BCUT2D eigenvalue weighted by molar-refractivity contribution is 4.72. The molecule has 0 bridgehead atoms. The largest absolute Gasteiger partial charge is 0.393 e. The molecule has 0 aromatic heterocycles. The van der Waals surface area contributed by atoms with E-state index in [0.717, 1.165) is 12.8 Å². The molecule has 1 saturated carbocycles. The summed E-state index contributed by atoms with van der Waals surface area (Å²) < 4.78 is 0. The van der Waals surface area contributed by atoms with Crippen LogP contribution in [0.4, 0.5) is 0 Å². The SMILES string of the molecule is NCC1CCCCCCC1O. The van der Waals surface area contributed by atoms with Crippen LogP contribution in [0.2, 0.25) is 0 Å². The molecule has 0 aliphatic heterocycles. The van der Waals surface area contributed by atoms with Crippen LogP contribution >= 0.6 is 0 Å². The molecule has 2 atom stereocenters. The van der Waals surface area contributed by atoms with Crippen molar-refractivity contribution in [3.05, 3.63) is 0 Å². The fourth-order valence-electron chi connectivity index (χ4n) is 1.82. The average molecular weight is 157 g/mol. The molecule has 11 heavy (non-hydrogen) atoms. The Labute approximate surface area is 68.8 Å². The fourth-order valence-corrected chi connectivity index (χ4v) is 1.82. The third kappa shape index (κ3) is 2.80. The van der Waals surface area contributed by atoms with Gasteiger partial charge in [0.05, 0.1) is 6.10 Å². The van der Waals surface area contributed by atoms with Gasteiger partial charge in [-0.2, -0.15) is 0 Å². The van der Waals surface area contributed by atoms with E-state index in [1.807, 2.05) is 0 Å². The summed E-state index contributed by atoms with van der Waals surface area (Å²) in [6, 6.07) is 0. The molecule has 3 N–H and O–H groups in total. The number of hydrogen-bond acceptors (Lipinski definition) is 2. The lowest BCUT2D eigenvalue weighted by Crippen LogP contribution is -2.28. The summed E-state index contributed by atoms with van der Waals surface area (Å²) >= 11 is 0. The molecule has 2 nitrogen and oxygen atoms in total. The van der Waals surface area contributed by atoms with Gasteiger partial charge in [-0.1, -0.05) is 25.7 Å². The Kier molecular flexibility index (Phi) is 3.87. The molecule has 0 heterocycles. The van der Waals surface area contributed by atoms with Gasteiger partial charge in [0.15, 0.2) is 0 Å². The highest BCUT2D eigenvalue weighted by Crippen LogP contribution is 2.21. The van der Waals surface area contributed by atoms with Gasteiger partial charge in [-0.05, 0) is 25.3 Å². The predicted octanol–water partition coefficient (Wildman–Crippen LogP) is 1.28. The third-order valence-corrected chi connectivity index (χ3v) is 2.67. The van der Waals surface area contributed by atoms with Gasteiger partial charge >= 0.3 is 0 Å². The van der Waals surface area contributed by atoms with Crippen LogP contribution in [-0.4, -0.2) is 17.8 Å². The van der Waals surface area contributed by atoms with Crippen LogP contribution in [0.15, 0.2) is 0 Å². The maximum atomic E-state index is 9.59. The Hall–Kier alpha value is -0.0800. The van der Waals surface area contributed by atoms with E-state index in [4.69, 9.17) is 5.73 Å². The second kappa shape index (κ2) is 4.73. The van der Waals surface area contributed by atoms with Crippen LogP contribution in [0, 0.1) is 5.92 Å². The standard InChI is InChI=1S/C9H19NO/c10-7-8-5-3-1-2-4-6-9(8)11/h8-9,11H,1-7,10H2. The van der Waals surface area contributed by atoms with Crippen molar-refractivity contribution >= 4 is 0 Å². The van der Waals surface area contributed by atoms with E-state index in [1.165, 1.54) is 25.7 Å². The van der Waals surface area contributed by atoms with Gasteiger partial charge in [0.1, 0.15) is 0 Å². The lowest BCUT2D eigenvalue weighted by atomic mass is 9.89. The summed E-state index contributed by atoms with van der Waals surface area (Å²) in [5.74, 6) is 0.371. The second-order valence-electron chi connectivity index (χ2n) is 3.55. The van der Waals surface area contributed by atoms with Crippen molar-refractivity contribution in [1.82, 2.24) is 0 Å². The molecule has 1 fully saturated rings. The van der Waals surface area contributed by atoms with Crippen molar-refractivity contribution in [1.29, 1.82) is 0 Å². The molecule has 0 aromatic carbocycles. The highest BCUT2D eigenvalue weighted by Gasteiger charge is 2.18. The maximum absolute atomic E-state index is 9.59. The summed E-state index contributed by atoms with van der Waals surface area (Å²) in [5, 5.41) is 9.59. The Bertz CT molecular complexity index is 106. The van der Waals surface area contributed by atoms with E-state index in [9.17, 15) is 5.11 Å². The first-order valence-electron chi connectivity index (χ1n) is 4.72. The molecule has 0 saturated heterocycles. The summed E-state index contributed by atoms with van der Waals surface area (Å²) in [7, 11) is 0. The third-order valence-electron chi connectivity index (χ3n) is 2.67. The van der Waals surface area contributed by atoms with E-state index >= 15 is 0 Å². The minimum Gasteiger partial charge on any atom is -0.393 e. The minimum atomic E-state index is -0.125. The lowest BCUT2D eigenvalue weighted by Gasteiger charge is -2.23. The summed E-state index contributed by atoms with van der Waals surface area (Å²) in [6.07, 6.45) is 6.99. The molecule has 0 spiro atoms. The number of rotatable bonds is 1. The molecule has 0 radical (unpaired) electrons. The molecule has 66 valence electrons. The normalized spacial score (nSPS) is 34.4. The molecule has 0 aromatic rings. The van der Waals surface area contributed by atoms with Crippen LogP contribution in [0.3, 0.4) is 0 Å². The van der Waals surface area contributed by atoms with Crippen molar-refractivity contribution in [2.45, 2.75) is 44.6 Å². The zero-order valence-corrected chi connectivity index (χ0v) is 7.13. The van der Waals surface area contributed by atoms with E-state index in [-0.39, 0.29) is 6.10 Å². The van der Waals surface area contributed by atoms with Gasteiger partial charge in [-0.15, -0.1) is 0 Å². The van der Waals surface area contributed by atoms with E-state index in [0.29, 0.717) is 12.5 Å². The summed E-state index contributed by atoms with van der Waals surface area (Å²) in [6.45, 7) is 0.654. The predicted molar refractivity (Wildman–Crippen MR) is 46.3 cm³/mol. The lowest BCUT2D eigenvalue weighted by molar-refractivity contribution is 0.0878. The van der Waals surface area contributed by atoms with Gasteiger partial charge in [0.25, 0.3) is 0 Å². The quantitative estimate of drug-likeness (QED) is 0.602. The number of hydrogen-bond donors (Lipinski definition) is 2. The van der Waals surface area contributed by atoms with Gasteiger partial charge < -0.3 is 10.8 Å². The number of nitrogens with two attached hydrogens (primary N) is 1. The Balaban J connectivity index is 2.33. The van der Waals surface area contributed by atoms with Crippen LogP contribution < -0.4 is 5.73 Å². The summed E-state index contributed by atoms with van der Waals surface area (Å²) in [4.78, 5) is 0. The minimum absolute atomic E-state index is 0.125. The van der Waals surface area contributed by atoms with Crippen LogP contribution in [0.1, 0.15) is 38.5 Å². The van der Waals surface area contributed by atoms with Crippen LogP contribution in [0.25, 0.3) is 0 Å². The van der Waals surface area contributed by atoms with Gasteiger partial charge in [0, 0.05) is 0 Å². The van der Waals surface area contributed by atoms with E-state index in [2.05, 4.69) is 0 Å². The smallest absolute Gasteiger partial charge is 0.0580 e. The highest BCUT2D eigenvalue weighted by atomic mass is 16.3. The first-order valence-corrected chi connectivity index (χ1v) is 4.72. The monoisotopic (exact) mass is 157 g/mol. The first kappa shape index (κ1) is 9.01. The maximum Gasteiger partial charge on any atom is 0.0580 e. The van der Waals surface area contributed by atoms with E-state index < -0.39 is 0 Å². The van der Waals surface area contributed by atoms with Crippen molar-refractivity contribution in [2.24, 2.45) is 11.7 Å². The zero-order chi connectivity index (χ0) is 8.10. The Morgan fingerprint density at radius 2 is 1.73 bits per heavy atom. The number of aliphatic hydroxyl groups is 1. The molecular formula is C9H19NO. The Morgan fingerprint density at radius 1 is 1.09 bits per heavy atom. The second-order valence-corrected chi connectivity index (χ2v) is 3.55. The Morgan fingerprint density at radius 3 is 2.36 bits per heavy atom. The van der Waals surface area contributed by atoms with Gasteiger partial charge in [0.2, 0.25) is 0 Å². The molecule has 1 rings (SSSR count). The van der Waals surface area contributed by atoms with Crippen LogP contribution in [0.5, 0.6) is 0 Å².